The molecule has 0 amide bonds. The molecular weight excluding hydrogens is 240 g/mol. The highest BCUT2D eigenvalue weighted by atomic mass is 15.3. The molecule has 3 N–H and O–H groups in total. The third kappa shape index (κ3) is 3.33. The molecule has 6 heteroatoms. The van der Waals surface area contributed by atoms with Crippen LogP contribution in [0.4, 0.5) is 11.6 Å². The quantitative estimate of drug-likeness (QED) is 0.608. The molecule has 0 bridgehead atoms. The standard InChI is InChI=1S/C13H24N6/c1-13(2,3)12-15-10(17-14)9-11(16-12)19-7-5-18(4)6-8-19/h9H,5-8,14H2,1-4H3,(H,15,16,17). The van der Waals surface area contributed by atoms with Gasteiger partial charge in [-0.1, -0.05) is 20.8 Å². The zero-order valence-electron chi connectivity index (χ0n) is 12.3. The summed E-state index contributed by atoms with van der Waals surface area (Å²) < 4.78 is 0. The first-order chi connectivity index (χ1) is 8.90. The summed E-state index contributed by atoms with van der Waals surface area (Å²) in [5, 5.41) is 0. The van der Waals surface area contributed by atoms with Crippen LogP contribution < -0.4 is 16.2 Å². The van der Waals surface area contributed by atoms with Gasteiger partial charge in [0, 0.05) is 37.7 Å². The van der Waals surface area contributed by atoms with E-state index in [1.807, 2.05) is 6.07 Å². The molecule has 0 saturated carbocycles. The fourth-order valence-corrected chi connectivity index (χ4v) is 2.04. The van der Waals surface area contributed by atoms with E-state index in [4.69, 9.17) is 10.8 Å². The number of hydrogen-bond acceptors (Lipinski definition) is 6. The Bertz CT molecular complexity index is 431. The van der Waals surface area contributed by atoms with Gasteiger partial charge in [-0.25, -0.2) is 15.8 Å². The fourth-order valence-electron chi connectivity index (χ4n) is 2.04. The number of anilines is 2. The predicted octanol–water partition coefficient (Wildman–Crippen LogP) is 0.812. The molecule has 0 aliphatic carbocycles. The Labute approximate surface area is 115 Å². The van der Waals surface area contributed by atoms with Crippen molar-refractivity contribution in [3.8, 4) is 0 Å². The van der Waals surface area contributed by atoms with Crippen LogP contribution in [0.15, 0.2) is 6.07 Å². The van der Waals surface area contributed by atoms with Crippen molar-refractivity contribution in [3.05, 3.63) is 11.9 Å². The number of nitrogens with one attached hydrogen (secondary N) is 1. The second-order valence-corrected chi connectivity index (χ2v) is 6.12. The minimum Gasteiger partial charge on any atom is -0.354 e. The van der Waals surface area contributed by atoms with Gasteiger partial charge in [0.05, 0.1) is 0 Å². The van der Waals surface area contributed by atoms with Crippen molar-refractivity contribution in [2.45, 2.75) is 26.2 Å². The molecule has 6 nitrogen and oxygen atoms in total. The highest BCUT2D eigenvalue weighted by Gasteiger charge is 2.22. The summed E-state index contributed by atoms with van der Waals surface area (Å²) in [4.78, 5) is 13.8. The Kier molecular flexibility index (Phi) is 3.91. The van der Waals surface area contributed by atoms with Gasteiger partial charge in [0.1, 0.15) is 17.5 Å². The van der Waals surface area contributed by atoms with Crippen molar-refractivity contribution in [1.82, 2.24) is 14.9 Å². The van der Waals surface area contributed by atoms with E-state index in [-0.39, 0.29) is 5.41 Å². The van der Waals surface area contributed by atoms with Gasteiger partial charge in [-0.15, -0.1) is 0 Å². The third-order valence-corrected chi connectivity index (χ3v) is 3.36. The van der Waals surface area contributed by atoms with Gasteiger partial charge < -0.3 is 15.2 Å². The largest absolute Gasteiger partial charge is 0.354 e. The molecule has 0 spiro atoms. The zero-order valence-corrected chi connectivity index (χ0v) is 12.3. The Morgan fingerprint density at radius 3 is 2.32 bits per heavy atom. The molecular formula is C13H24N6. The van der Waals surface area contributed by atoms with Crippen LogP contribution >= 0.6 is 0 Å². The fraction of sp³-hybridized carbons (Fsp3) is 0.692. The Hall–Kier alpha value is -1.40. The maximum absolute atomic E-state index is 5.52. The average Bonchev–Trinajstić information content (AvgIpc) is 2.38. The molecule has 0 atom stereocenters. The molecule has 1 aromatic rings. The highest BCUT2D eigenvalue weighted by molar-refractivity contribution is 5.49. The first kappa shape index (κ1) is 14.0. The van der Waals surface area contributed by atoms with Crippen LogP contribution in [0, 0.1) is 0 Å². The second kappa shape index (κ2) is 5.30. The van der Waals surface area contributed by atoms with Crippen molar-refractivity contribution in [2.24, 2.45) is 5.84 Å². The van der Waals surface area contributed by atoms with Gasteiger partial charge in [-0.3, -0.25) is 0 Å². The molecule has 1 aliphatic heterocycles. The van der Waals surface area contributed by atoms with Gasteiger partial charge >= 0.3 is 0 Å². The first-order valence-electron chi connectivity index (χ1n) is 6.70. The lowest BCUT2D eigenvalue weighted by molar-refractivity contribution is 0.312. The van der Waals surface area contributed by atoms with Crippen molar-refractivity contribution < 1.29 is 0 Å². The van der Waals surface area contributed by atoms with Gasteiger partial charge in [0.25, 0.3) is 0 Å². The SMILES string of the molecule is CN1CCN(c2cc(NN)nc(C(C)(C)C)n2)CC1. The maximum Gasteiger partial charge on any atom is 0.145 e. The molecule has 0 aromatic carbocycles. The number of piperazine rings is 1. The van der Waals surface area contributed by atoms with Gasteiger partial charge in [-0.2, -0.15) is 0 Å². The number of nitrogen functional groups attached to an aromatic ring is 1. The van der Waals surface area contributed by atoms with E-state index in [1.54, 1.807) is 0 Å². The molecule has 1 aromatic heterocycles. The van der Waals surface area contributed by atoms with Crippen LogP contribution in [0.2, 0.25) is 0 Å². The molecule has 2 heterocycles. The van der Waals surface area contributed by atoms with Gasteiger partial charge in [0.2, 0.25) is 0 Å². The van der Waals surface area contributed by atoms with Crippen LogP contribution in [0.25, 0.3) is 0 Å². The maximum atomic E-state index is 5.52. The molecule has 19 heavy (non-hydrogen) atoms. The van der Waals surface area contributed by atoms with Crippen LogP contribution in [-0.4, -0.2) is 48.1 Å². The number of hydrazine groups is 1. The summed E-state index contributed by atoms with van der Waals surface area (Å²) in [6.07, 6.45) is 0. The summed E-state index contributed by atoms with van der Waals surface area (Å²) >= 11 is 0. The monoisotopic (exact) mass is 264 g/mol. The van der Waals surface area contributed by atoms with Crippen molar-refractivity contribution in [2.75, 3.05) is 43.6 Å². The molecule has 106 valence electrons. The summed E-state index contributed by atoms with van der Waals surface area (Å²) in [5.41, 5.74) is 2.55. The Morgan fingerprint density at radius 2 is 1.79 bits per heavy atom. The molecule has 0 radical (unpaired) electrons. The minimum atomic E-state index is -0.0891. The smallest absolute Gasteiger partial charge is 0.145 e. The summed E-state index contributed by atoms with van der Waals surface area (Å²) in [6.45, 7) is 10.4. The lowest BCUT2D eigenvalue weighted by Gasteiger charge is -2.34. The van der Waals surface area contributed by atoms with Crippen molar-refractivity contribution >= 4 is 11.6 Å². The number of nitrogens with two attached hydrogens (primary N) is 1. The van der Waals surface area contributed by atoms with E-state index in [2.05, 4.69) is 48.0 Å². The topological polar surface area (TPSA) is 70.3 Å². The lowest BCUT2D eigenvalue weighted by Crippen LogP contribution is -2.45. The zero-order chi connectivity index (χ0) is 14.0. The van der Waals surface area contributed by atoms with E-state index in [0.29, 0.717) is 5.82 Å². The summed E-state index contributed by atoms with van der Waals surface area (Å²) in [6, 6.07) is 1.92. The Morgan fingerprint density at radius 1 is 1.16 bits per heavy atom. The van der Waals surface area contributed by atoms with Gasteiger partial charge in [0.15, 0.2) is 0 Å². The molecule has 1 saturated heterocycles. The van der Waals surface area contributed by atoms with Crippen LogP contribution in [-0.2, 0) is 5.41 Å². The van der Waals surface area contributed by atoms with E-state index in [0.717, 1.165) is 37.8 Å². The Balaban J connectivity index is 2.29. The van der Waals surface area contributed by atoms with Crippen LogP contribution in [0.1, 0.15) is 26.6 Å². The summed E-state index contributed by atoms with van der Waals surface area (Å²) in [5.74, 6) is 7.97. The third-order valence-electron chi connectivity index (χ3n) is 3.36. The van der Waals surface area contributed by atoms with Crippen LogP contribution in [0.3, 0.4) is 0 Å². The molecule has 0 unspecified atom stereocenters. The summed E-state index contributed by atoms with van der Waals surface area (Å²) in [7, 11) is 2.14. The van der Waals surface area contributed by atoms with Crippen molar-refractivity contribution in [1.29, 1.82) is 0 Å². The lowest BCUT2D eigenvalue weighted by atomic mass is 9.96. The van der Waals surface area contributed by atoms with Crippen LogP contribution in [0.5, 0.6) is 0 Å². The molecule has 2 rings (SSSR count). The molecule has 1 aliphatic rings. The normalized spacial score (nSPS) is 17.6. The number of likely N-dealkylation sites (N-methyl/N-ethyl adjacent to an activating group) is 1. The number of rotatable bonds is 2. The first-order valence-corrected chi connectivity index (χ1v) is 6.70. The highest BCUT2D eigenvalue weighted by Crippen LogP contribution is 2.24. The number of hydrogen-bond donors (Lipinski definition) is 2. The van der Waals surface area contributed by atoms with E-state index >= 15 is 0 Å². The molecule has 1 fully saturated rings. The van der Waals surface area contributed by atoms with E-state index in [1.165, 1.54) is 0 Å². The van der Waals surface area contributed by atoms with Gasteiger partial charge in [-0.05, 0) is 7.05 Å². The number of aromatic nitrogens is 2. The second-order valence-electron chi connectivity index (χ2n) is 6.12. The van der Waals surface area contributed by atoms with E-state index in [9.17, 15) is 0 Å². The minimum absolute atomic E-state index is 0.0891. The van der Waals surface area contributed by atoms with Crippen molar-refractivity contribution in [3.63, 3.8) is 0 Å². The average molecular weight is 264 g/mol. The van der Waals surface area contributed by atoms with E-state index < -0.39 is 0 Å². The predicted molar refractivity (Wildman–Crippen MR) is 78.3 cm³/mol. The number of nitrogens with zero attached hydrogens (tertiary/aromatic N) is 4.